The minimum atomic E-state index is -4.41. The van der Waals surface area contributed by atoms with Gasteiger partial charge in [-0.3, -0.25) is 14.8 Å². The molecule has 0 aromatic heterocycles. The van der Waals surface area contributed by atoms with Crippen molar-refractivity contribution < 1.29 is 26.7 Å². The number of sulfonamides is 2. The Morgan fingerprint density at radius 3 is 2.31 bits per heavy atom. The van der Waals surface area contributed by atoms with Crippen LogP contribution in [0, 0.1) is 19.3 Å². The van der Waals surface area contributed by atoms with Gasteiger partial charge in [0.1, 0.15) is 21.8 Å². The van der Waals surface area contributed by atoms with Gasteiger partial charge in [-0.25, -0.2) is 8.42 Å². The van der Waals surface area contributed by atoms with E-state index in [0.29, 0.717) is 30.5 Å². The molecule has 1 atom stereocenters. The molecule has 1 heterocycles. The van der Waals surface area contributed by atoms with Gasteiger partial charge in [-0.05, 0) is 72.6 Å². The molecule has 1 aliphatic carbocycles. The molecule has 4 N–H and O–H groups in total. The van der Waals surface area contributed by atoms with Crippen LogP contribution in [0.2, 0.25) is 0 Å². The predicted molar refractivity (Wildman–Crippen MR) is 177 cm³/mol. The van der Waals surface area contributed by atoms with Crippen LogP contribution in [0.3, 0.4) is 0 Å². The third-order valence-electron chi connectivity index (χ3n) is 8.22. The molecule has 0 fully saturated rings. The van der Waals surface area contributed by atoms with Gasteiger partial charge in [0.2, 0.25) is 10.0 Å². The number of rotatable bonds is 8. The van der Waals surface area contributed by atoms with Crippen LogP contribution in [0.4, 0.5) is 11.4 Å². The number of carbonyl (C=O) groups excluding carboxylic acids is 1. The van der Waals surface area contributed by atoms with Crippen molar-refractivity contribution in [1.82, 2.24) is 5.32 Å². The summed E-state index contributed by atoms with van der Waals surface area (Å²) >= 11 is 0. The van der Waals surface area contributed by atoms with E-state index in [1.165, 1.54) is 12.1 Å². The van der Waals surface area contributed by atoms with Gasteiger partial charge in [-0.15, -0.1) is 4.40 Å². The normalized spacial score (nSPS) is 19.3. The van der Waals surface area contributed by atoms with Crippen LogP contribution in [-0.2, 0) is 36.9 Å². The van der Waals surface area contributed by atoms with Gasteiger partial charge in [0, 0.05) is 17.8 Å². The van der Waals surface area contributed by atoms with Crippen LogP contribution in [0.25, 0.3) is 5.76 Å². The van der Waals surface area contributed by atoms with E-state index in [0.717, 1.165) is 29.0 Å². The zero-order chi connectivity index (χ0) is 32.9. The van der Waals surface area contributed by atoms with Gasteiger partial charge in [-0.2, -0.15) is 8.42 Å². The van der Waals surface area contributed by atoms with E-state index in [9.17, 15) is 26.7 Å². The van der Waals surface area contributed by atoms with E-state index < -0.39 is 31.4 Å². The van der Waals surface area contributed by atoms with E-state index in [2.05, 4.69) is 40.5 Å². The number of amidine groups is 1. The predicted octanol–water partition coefficient (Wildman–Crippen LogP) is 5.55. The van der Waals surface area contributed by atoms with Crippen LogP contribution in [0.1, 0.15) is 61.4 Å². The maximum atomic E-state index is 14.9. The summed E-state index contributed by atoms with van der Waals surface area (Å²) in [4.78, 5) is 14.6. The molecule has 0 bridgehead atoms. The second-order valence-corrected chi connectivity index (χ2v) is 16.2. The molecule has 0 saturated heterocycles. The van der Waals surface area contributed by atoms with Gasteiger partial charge >= 0.3 is 0 Å². The summed E-state index contributed by atoms with van der Waals surface area (Å²) in [6.07, 6.45) is 1.96. The monoisotopic (exact) mass is 650 g/mol. The lowest BCUT2D eigenvalue weighted by Gasteiger charge is -2.41. The molecule has 1 aliphatic heterocycles. The lowest BCUT2D eigenvalue weighted by atomic mass is 9.69. The number of aliphatic hydroxyl groups is 1. The first-order valence-electron chi connectivity index (χ1n) is 14.5. The van der Waals surface area contributed by atoms with Crippen molar-refractivity contribution in [2.75, 3.05) is 16.3 Å². The summed E-state index contributed by atoms with van der Waals surface area (Å²) < 4.78 is 56.6. The van der Waals surface area contributed by atoms with E-state index in [-0.39, 0.29) is 38.9 Å². The molecular formula is C33H38N4O6S2. The minimum Gasteiger partial charge on any atom is -0.506 e. The third-order valence-corrected chi connectivity index (χ3v) is 10.1. The Kier molecular flexibility index (Phi) is 8.22. The largest absolute Gasteiger partial charge is 0.506 e. The quantitative estimate of drug-likeness (QED) is 0.248. The highest BCUT2D eigenvalue weighted by Crippen LogP contribution is 2.44. The number of ketones is 1. The Morgan fingerprint density at radius 1 is 1.00 bits per heavy atom. The highest BCUT2D eigenvalue weighted by atomic mass is 32.2. The molecule has 0 radical (unpaired) electrons. The number of benzene rings is 3. The number of carbonyl (C=O) groups is 1. The standard InChI is InChI=1S/C33H38N4O6S2/c1-20-10-9-11-21(2)24(20)19-34-33(17-16-32(3,4)5)25-13-8-7-12-23(25)29(38)28(30(33)39)31-35-26-15-14-22(36-44(6,40)41)18-27(26)45(42,43)37-31/h7-15,18,34,36,38H,16-17,19H2,1-6H3,(H,35,37)/t33-/m0/s1. The smallest absolute Gasteiger partial charge is 0.286 e. The zero-order valence-corrected chi connectivity index (χ0v) is 27.8. The molecule has 3 aromatic rings. The Labute approximate surface area is 264 Å². The van der Waals surface area contributed by atoms with Crippen molar-refractivity contribution in [1.29, 1.82) is 0 Å². The fourth-order valence-corrected chi connectivity index (χ4v) is 7.55. The Morgan fingerprint density at radius 2 is 1.67 bits per heavy atom. The topological polar surface area (TPSA) is 154 Å². The summed E-state index contributed by atoms with van der Waals surface area (Å²) in [6.45, 7) is 10.6. The zero-order valence-electron chi connectivity index (χ0n) is 26.1. The maximum Gasteiger partial charge on any atom is 0.286 e. The Balaban J connectivity index is 1.66. The van der Waals surface area contributed by atoms with E-state index in [4.69, 9.17) is 0 Å². The molecule has 0 amide bonds. The molecule has 238 valence electrons. The average Bonchev–Trinajstić information content (AvgIpc) is 2.93. The number of fused-ring (bicyclic) bond motifs is 2. The van der Waals surface area contributed by atoms with Crippen molar-refractivity contribution >= 4 is 48.8 Å². The summed E-state index contributed by atoms with van der Waals surface area (Å²) in [5.41, 5.74) is 2.59. The molecule has 3 aromatic carbocycles. The summed E-state index contributed by atoms with van der Waals surface area (Å²) in [5.74, 6) is -1.19. The second kappa shape index (κ2) is 11.4. The maximum absolute atomic E-state index is 14.9. The fraction of sp³-hybridized carbons (Fsp3) is 0.333. The number of hydrogen-bond acceptors (Lipinski definition) is 8. The first kappa shape index (κ1) is 32.4. The molecule has 45 heavy (non-hydrogen) atoms. The molecule has 2 aliphatic rings. The van der Waals surface area contributed by atoms with E-state index in [1.54, 1.807) is 12.1 Å². The van der Waals surface area contributed by atoms with Gasteiger partial charge in [-0.1, -0.05) is 63.2 Å². The average molecular weight is 651 g/mol. The molecule has 0 unspecified atom stereocenters. The fourth-order valence-electron chi connectivity index (χ4n) is 5.85. The highest BCUT2D eigenvalue weighted by molar-refractivity contribution is 7.92. The lowest BCUT2D eigenvalue weighted by Crippen LogP contribution is -2.54. The number of anilines is 2. The number of nitrogens with zero attached hydrogens (tertiary/aromatic N) is 1. The highest BCUT2D eigenvalue weighted by Gasteiger charge is 2.50. The van der Waals surface area contributed by atoms with E-state index in [1.807, 2.05) is 44.2 Å². The van der Waals surface area contributed by atoms with Crippen molar-refractivity contribution in [2.24, 2.45) is 9.81 Å². The van der Waals surface area contributed by atoms with Crippen LogP contribution in [-0.4, -0.2) is 39.8 Å². The van der Waals surface area contributed by atoms with Gasteiger partial charge in [0.25, 0.3) is 10.0 Å². The number of hydrogen-bond donors (Lipinski definition) is 4. The SMILES string of the molecule is Cc1cccc(C)c1CN[C@]1(CCC(C)(C)C)C(=O)C(C2=NS(=O)(=O)c3cc(NS(C)(=O)=O)ccc3N2)=C(O)c2ccccc21. The summed E-state index contributed by atoms with van der Waals surface area (Å²) in [7, 11) is -8.07. The molecule has 10 nitrogen and oxygen atoms in total. The van der Waals surface area contributed by atoms with Crippen molar-refractivity contribution in [2.45, 2.75) is 64.4 Å². The Bertz CT molecular complexity index is 1970. The van der Waals surface area contributed by atoms with Crippen LogP contribution >= 0.6 is 0 Å². The lowest BCUT2D eigenvalue weighted by molar-refractivity contribution is -0.122. The van der Waals surface area contributed by atoms with Crippen molar-refractivity contribution in [3.8, 4) is 0 Å². The Hall–Kier alpha value is -4.00. The summed E-state index contributed by atoms with van der Waals surface area (Å²) in [6, 6.07) is 17.0. The number of aryl methyl sites for hydroxylation is 2. The molecule has 0 spiro atoms. The molecule has 0 saturated carbocycles. The van der Waals surface area contributed by atoms with Gasteiger partial charge in [0.05, 0.1) is 11.9 Å². The molecule has 5 rings (SSSR count). The summed E-state index contributed by atoms with van der Waals surface area (Å²) in [5, 5.41) is 18.1. The van der Waals surface area contributed by atoms with Crippen molar-refractivity contribution in [3.63, 3.8) is 0 Å². The van der Waals surface area contributed by atoms with Gasteiger partial charge in [0.15, 0.2) is 11.6 Å². The number of Topliss-reactive ketones (excluding diaryl/α,β-unsaturated/α-hetero) is 1. The molecular weight excluding hydrogens is 613 g/mol. The third kappa shape index (κ3) is 6.40. The van der Waals surface area contributed by atoms with Crippen LogP contribution in [0.15, 0.2) is 75.5 Å². The van der Waals surface area contributed by atoms with Gasteiger partial charge < -0.3 is 10.4 Å². The number of aliphatic hydroxyl groups excluding tert-OH is 1. The number of nitrogens with one attached hydrogen (secondary N) is 3. The first-order chi connectivity index (χ1) is 20.9. The minimum absolute atomic E-state index is 0.0434. The first-order valence-corrected chi connectivity index (χ1v) is 17.9. The van der Waals surface area contributed by atoms with E-state index >= 15 is 0 Å². The van der Waals surface area contributed by atoms with Crippen LogP contribution in [0.5, 0.6) is 0 Å². The van der Waals surface area contributed by atoms with Crippen LogP contribution < -0.4 is 15.4 Å². The second-order valence-electron chi connectivity index (χ2n) is 12.9. The molecule has 12 heteroatoms. The van der Waals surface area contributed by atoms with Crippen molar-refractivity contribution in [3.05, 3.63) is 94.1 Å².